The maximum absolute atomic E-state index is 10.5. The molecule has 0 radical (unpaired) electrons. The summed E-state index contributed by atoms with van der Waals surface area (Å²) in [6.45, 7) is 1.21. The fraction of sp³-hybridized carbons (Fsp3) is 0.111. The third-order valence-electron chi connectivity index (χ3n) is 1.36. The van der Waals surface area contributed by atoms with Crippen molar-refractivity contribution in [3.05, 3.63) is 29.6 Å². The molecular formula is C9H8N2O4. The van der Waals surface area contributed by atoms with Gasteiger partial charge in [0.25, 0.3) is 0 Å². The predicted molar refractivity (Wildman–Crippen MR) is 50.6 cm³/mol. The molecule has 0 atom stereocenters. The van der Waals surface area contributed by atoms with Gasteiger partial charge >= 0.3 is 11.9 Å². The third-order valence-corrected chi connectivity index (χ3v) is 1.36. The average Bonchev–Trinajstić information content (AvgIpc) is 2.17. The monoisotopic (exact) mass is 208 g/mol. The van der Waals surface area contributed by atoms with Crippen molar-refractivity contribution >= 4 is 18.2 Å². The summed E-state index contributed by atoms with van der Waals surface area (Å²) in [6.07, 6.45) is 1.16. The van der Waals surface area contributed by atoms with E-state index in [0.29, 0.717) is 5.69 Å². The van der Waals surface area contributed by atoms with E-state index in [4.69, 9.17) is 5.11 Å². The van der Waals surface area contributed by atoms with Gasteiger partial charge in [0.05, 0.1) is 11.9 Å². The molecule has 0 aromatic carbocycles. The highest BCUT2D eigenvalue weighted by Gasteiger charge is 2.03. The van der Waals surface area contributed by atoms with Crippen molar-refractivity contribution in [2.24, 2.45) is 5.16 Å². The number of carboxylic acid groups (broad SMARTS) is 1. The quantitative estimate of drug-likeness (QED) is 0.448. The molecule has 0 fully saturated rings. The molecule has 0 unspecified atom stereocenters. The second-order valence-electron chi connectivity index (χ2n) is 2.57. The summed E-state index contributed by atoms with van der Waals surface area (Å²) in [4.78, 5) is 28.9. The normalized spacial score (nSPS) is 10.2. The molecule has 1 aromatic heterocycles. The maximum atomic E-state index is 10.5. The first kappa shape index (κ1) is 10.8. The molecule has 0 amide bonds. The summed E-state index contributed by atoms with van der Waals surface area (Å²) in [6, 6.07) is 4.41. The van der Waals surface area contributed by atoms with E-state index >= 15 is 0 Å². The zero-order valence-corrected chi connectivity index (χ0v) is 7.88. The lowest BCUT2D eigenvalue weighted by Crippen LogP contribution is -2.02. The summed E-state index contributed by atoms with van der Waals surface area (Å²) >= 11 is 0. The van der Waals surface area contributed by atoms with Crippen molar-refractivity contribution < 1.29 is 19.5 Å². The third kappa shape index (κ3) is 3.55. The second kappa shape index (κ2) is 4.85. The summed E-state index contributed by atoms with van der Waals surface area (Å²) in [5.41, 5.74) is 0.206. The number of hydrogen-bond acceptors (Lipinski definition) is 5. The predicted octanol–water partition coefficient (Wildman–Crippen LogP) is 0.677. The van der Waals surface area contributed by atoms with Gasteiger partial charge in [-0.3, -0.25) is 0 Å². The largest absolute Gasteiger partial charge is 0.477 e. The second-order valence-corrected chi connectivity index (χ2v) is 2.57. The van der Waals surface area contributed by atoms with E-state index < -0.39 is 11.9 Å². The average molecular weight is 208 g/mol. The van der Waals surface area contributed by atoms with Gasteiger partial charge in [-0.1, -0.05) is 11.2 Å². The molecule has 0 saturated heterocycles. The Morgan fingerprint density at radius 3 is 2.87 bits per heavy atom. The Morgan fingerprint density at radius 2 is 2.27 bits per heavy atom. The van der Waals surface area contributed by atoms with Gasteiger partial charge in [-0.25, -0.2) is 14.6 Å². The van der Waals surface area contributed by atoms with Crippen LogP contribution in [-0.4, -0.2) is 28.2 Å². The molecule has 0 saturated carbocycles. The van der Waals surface area contributed by atoms with Crippen LogP contribution in [0.25, 0.3) is 0 Å². The van der Waals surface area contributed by atoms with Gasteiger partial charge in [0.15, 0.2) is 0 Å². The SMILES string of the molecule is CC(=O)ON=Cc1cccc(C(=O)O)n1. The van der Waals surface area contributed by atoms with E-state index in [2.05, 4.69) is 15.0 Å². The molecule has 0 bridgehead atoms. The molecule has 1 aromatic rings. The molecule has 6 heteroatoms. The van der Waals surface area contributed by atoms with Gasteiger partial charge in [0.2, 0.25) is 0 Å². The lowest BCUT2D eigenvalue weighted by atomic mass is 10.3. The highest BCUT2D eigenvalue weighted by Crippen LogP contribution is 1.97. The molecule has 15 heavy (non-hydrogen) atoms. The van der Waals surface area contributed by atoms with Crippen molar-refractivity contribution in [3.63, 3.8) is 0 Å². The van der Waals surface area contributed by atoms with Crippen molar-refractivity contribution in [2.75, 3.05) is 0 Å². The fourth-order valence-electron chi connectivity index (χ4n) is 0.797. The van der Waals surface area contributed by atoms with Crippen molar-refractivity contribution in [1.29, 1.82) is 0 Å². The van der Waals surface area contributed by atoms with Crippen LogP contribution in [-0.2, 0) is 9.63 Å². The van der Waals surface area contributed by atoms with E-state index in [-0.39, 0.29) is 5.69 Å². The van der Waals surface area contributed by atoms with E-state index in [1.807, 2.05) is 0 Å². The maximum Gasteiger partial charge on any atom is 0.354 e. The number of carbonyl (C=O) groups is 2. The molecule has 1 N–H and O–H groups in total. The molecule has 1 rings (SSSR count). The first-order valence-corrected chi connectivity index (χ1v) is 4.01. The van der Waals surface area contributed by atoms with Crippen molar-refractivity contribution in [3.8, 4) is 0 Å². The van der Waals surface area contributed by atoms with Crippen molar-refractivity contribution in [2.45, 2.75) is 6.92 Å². The van der Waals surface area contributed by atoms with Crippen LogP contribution in [0.15, 0.2) is 23.4 Å². The number of carboxylic acids is 1. The van der Waals surface area contributed by atoms with Crippen LogP contribution in [0.2, 0.25) is 0 Å². The number of rotatable bonds is 3. The zero-order chi connectivity index (χ0) is 11.3. The van der Waals surface area contributed by atoms with Crippen LogP contribution in [0.5, 0.6) is 0 Å². The topological polar surface area (TPSA) is 88.8 Å². The number of oxime groups is 1. The van der Waals surface area contributed by atoms with Crippen LogP contribution in [0, 0.1) is 0 Å². The number of aromatic carboxylic acids is 1. The van der Waals surface area contributed by atoms with Crippen LogP contribution >= 0.6 is 0 Å². The van der Waals surface area contributed by atoms with Crippen LogP contribution in [0.3, 0.4) is 0 Å². The highest BCUT2D eigenvalue weighted by atomic mass is 16.7. The van der Waals surface area contributed by atoms with Gasteiger partial charge in [-0.2, -0.15) is 0 Å². The van der Waals surface area contributed by atoms with E-state index in [0.717, 1.165) is 6.21 Å². The summed E-state index contributed by atoms with van der Waals surface area (Å²) in [5, 5.41) is 11.9. The Bertz CT molecular complexity index is 414. The molecule has 0 aliphatic rings. The van der Waals surface area contributed by atoms with Gasteiger partial charge < -0.3 is 9.94 Å². The first-order valence-electron chi connectivity index (χ1n) is 4.01. The Hall–Kier alpha value is -2.24. The Morgan fingerprint density at radius 1 is 1.53 bits per heavy atom. The van der Waals surface area contributed by atoms with Crippen LogP contribution in [0.1, 0.15) is 23.1 Å². The molecule has 0 spiro atoms. The summed E-state index contributed by atoms with van der Waals surface area (Å²) in [5.74, 6) is -1.68. The Balaban J connectivity index is 2.78. The van der Waals surface area contributed by atoms with E-state index in [1.165, 1.54) is 19.1 Å². The molecular weight excluding hydrogens is 200 g/mol. The molecule has 78 valence electrons. The lowest BCUT2D eigenvalue weighted by molar-refractivity contribution is -0.140. The number of pyridine rings is 1. The highest BCUT2D eigenvalue weighted by molar-refractivity contribution is 5.87. The Kier molecular flexibility index (Phi) is 3.50. The van der Waals surface area contributed by atoms with E-state index in [1.54, 1.807) is 6.07 Å². The summed E-state index contributed by atoms with van der Waals surface area (Å²) < 4.78 is 0. The van der Waals surface area contributed by atoms with Gasteiger partial charge in [-0.05, 0) is 12.1 Å². The number of aromatic nitrogens is 1. The Labute approximate surface area is 85.2 Å². The molecule has 6 nitrogen and oxygen atoms in total. The van der Waals surface area contributed by atoms with Crippen molar-refractivity contribution in [1.82, 2.24) is 4.98 Å². The standard InChI is InChI=1S/C9H8N2O4/c1-6(12)15-10-5-7-3-2-4-8(11-7)9(13)14/h2-5H,1H3,(H,13,14). The minimum Gasteiger partial charge on any atom is -0.477 e. The molecule has 0 aliphatic heterocycles. The fourth-order valence-corrected chi connectivity index (χ4v) is 0.797. The minimum absolute atomic E-state index is 0.0956. The van der Waals surface area contributed by atoms with Crippen LogP contribution < -0.4 is 0 Å². The zero-order valence-electron chi connectivity index (χ0n) is 7.88. The van der Waals surface area contributed by atoms with Gasteiger partial charge in [-0.15, -0.1) is 0 Å². The summed E-state index contributed by atoms with van der Waals surface area (Å²) in [7, 11) is 0. The molecule has 1 heterocycles. The smallest absolute Gasteiger partial charge is 0.354 e. The number of carbonyl (C=O) groups excluding carboxylic acids is 1. The minimum atomic E-state index is -1.13. The number of nitrogens with zero attached hydrogens (tertiary/aromatic N) is 2. The van der Waals surface area contributed by atoms with E-state index in [9.17, 15) is 9.59 Å². The molecule has 0 aliphatic carbocycles. The lowest BCUT2D eigenvalue weighted by Gasteiger charge is -1.94. The van der Waals surface area contributed by atoms with Crippen LogP contribution in [0.4, 0.5) is 0 Å². The van der Waals surface area contributed by atoms with Gasteiger partial charge in [0.1, 0.15) is 5.69 Å². The van der Waals surface area contributed by atoms with Gasteiger partial charge in [0, 0.05) is 6.92 Å². The number of hydrogen-bond donors (Lipinski definition) is 1. The first-order chi connectivity index (χ1) is 7.09.